The molecular formula is C19H20N4O2S2. The number of thiophene rings is 1. The lowest BCUT2D eigenvalue weighted by molar-refractivity contribution is -0.118. The zero-order valence-electron chi connectivity index (χ0n) is 14.7. The van der Waals surface area contributed by atoms with Gasteiger partial charge in [0.1, 0.15) is 10.0 Å². The van der Waals surface area contributed by atoms with E-state index in [-0.39, 0.29) is 18.5 Å². The fraction of sp³-hybridized carbons (Fsp3) is 0.316. The molecule has 8 heteroatoms. The Kier molecular flexibility index (Phi) is 5.20. The van der Waals surface area contributed by atoms with Crippen molar-refractivity contribution in [2.75, 3.05) is 18.4 Å². The van der Waals surface area contributed by atoms with Crippen LogP contribution in [0.25, 0.3) is 10.2 Å². The topological polar surface area (TPSA) is 88.3 Å². The summed E-state index contributed by atoms with van der Waals surface area (Å²) >= 11 is 3.01. The van der Waals surface area contributed by atoms with Gasteiger partial charge in [0.2, 0.25) is 5.91 Å². The summed E-state index contributed by atoms with van der Waals surface area (Å²) in [6, 6.07) is 9.91. The smallest absolute Gasteiger partial charge is 0.251 e. The number of likely N-dealkylation sites (tertiary alicyclic amines) is 1. The van der Waals surface area contributed by atoms with Crippen molar-refractivity contribution in [2.24, 2.45) is 5.73 Å². The SMILES string of the molecule is NC(=O)c1ccsc1NC(=O)CN1CCCC[C@@H]1c1nc2ccccc2s1. The number of para-hydroxylation sites is 1. The van der Waals surface area contributed by atoms with Crippen molar-refractivity contribution in [3.63, 3.8) is 0 Å². The molecule has 27 heavy (non-hydrogen) atoms. The molecule has 4 rings (SSSR count). The second kappa shape index (κ2) is 7.75. The van der Waals surface area contributed by atoms with Crippen LogP contribution in [-0.4, -0.2) is 34.8 Å². The average molecular weight is 401 g/mol. The van der Waals surface area contributed by atoms with Crippen LogP contribution in [-0.2, 0) is 4.79 Å². The Morgan fingerprint density at radius 1 is 1.26 bits per heavy atom. The number of fused-ring (bicyclic) bond motifs is 1. The van der Waals surface area contributed by atoms with Crippen LogP contribution < -0.4 is 11.1 Å². The number of hydrogen-bond donors (Lipinski definition) is 2. The number of primary amides is 1. The van der Waals surface area contributed by atoms with Crippen LogP contribution in [0.2, 0.25) is 0 Å². The number of hydrogen-bond acceptors (Lipinski definition) is 6. The molecule has 0 spiro atoms. The van der Waals surface area contributed by atoms with Gasteiger partial charge in [-0.1, -0.05) is 18.6 Å². The number of carbonyl (C=O) groups is 2. The monoisotopic (exact) mass is 400 g/mol. The highest BCUT2D eigenvalue weighted by molar-refractivity contribution is 7.18. The Balaban J connectivity index is 1.49. The molecule has 1 aromatic carbocycles. The maximum absolute atomic E-state index is 12.6. The van der Waals surface area contributed by atoms with Crippen molar-refractivity contribution in [1.29, 1.82) is 0 Å². The molecule has 1 saturated heterocycles. The third-order valence-electron chi connectivity index (χ3n) is 4.74. The Morgan fingerprint density at radius 3 is 2.93 bits per heavy atom. The Bertz CT molecular complexity index is 948. The Morgan fingerprint density at radius 2 is 2.11 bits per heavy atom. The number of thiazole rings is 1. The van der Waals surface area contributed by atoms with Crippen molar-refractivity contribution < 1.29 is 9.59 Å². The summed E-state index contributed by atoms with van der Waals surface area (Å²) in [5.41, 5.74) is 6.72. The van der Waals surface area contributed by atoms with E-state index in [0.717, 1.165) is 36.3 Å². The van der Waals surface area contributed by atoms with Gasteiger partial charge in [0.25, 0.3) is 5.91 Å². The molecule has 3 aromatic rings. The molecule has 1 fully saturated rings. The lowest BCUT2D eigenvalue weighted by atomic mass is 10.0. The van der Waals surface area contributed by atoms with Crippen LogP contribution >= 0.6 is 22.7 Å². The molecule has 0 radical (unpaired) electrons. The minimum absolute atomic E-state index is 0.132. The van der Waals surface area contributed by atoms with Gasteiger partial charge in [0.05, 0.1) is 28.4 Å². The summed E-state index contributed by atoms with van der Waals surface area (Å²) in [5.74, 6) is -0.662. The number of piperidine rings is 1. The summed E-state index contributed by atoms with van der Waals surface area (Å²) in [5, 5.41) is 6.17. The molecule has 3 heterocycles. The first kappa shape index (κ1) is 18.1. The highest BCUT2D eigenvalue weighted by Crippen LogP contribution is 2.35. The van der Waals surface area contributed by atoms with Crippen LogP contribution in [0.4, 0.5) is 5.00 Å². The molecule has 2 aromatic heterocycles. The average Bonchev–Trinajstić information content (AvgIpc) is 3.28. The largest absolute Gasteiger partial charge is 0.366 e. The lowest BCUT2D eigenvalue weighted by Crippen LogP contribution is -2.39. The normalized spacial score (nSPS) is 17.9. The van der Waals surface area contributed by atoms with Crippen LogP contribution in [0.3, 0.4) is 0 Å². The zero-order chi connectivity index (χ0) is 18.8. The first-order valence-corrected chi connectivity index (χ1v) is 10.6. The van der Waals surface area contributed by atoms with Gasteiger partial charge in [-0.3, -0.25) is 14.5 Å². The number of benzene rings is 1. The van der Waals surface area contributed by atoms with Gasteiger partial charge in [-0.2, -0.15) is 0 Å². The van der Waals surface area contributed by atoms with Gasteiger partial charge in [0.15, 0.2) is 0 Å². The van der Waals surface area contributed by atoms with E-state index in [1.165, 1.54) is 16.0 Å². The summed E-state index contributed by atoms with van der Waals surface area (Å²) in [6.45, 7) is 1.14. The second-order valence-electron chi connectivity index (χ2n) is 6.58. The molecule has 3 N–H and O–H groups in total. The van der Waals surface area contributed by atoms with Gasteiger partial charge in [-0.15, -0.1) is 22.7 Å². The number of nitrogens with two attached hydrogens (primary N) is 1. The molecule has 140 valence electrons. The lowest BCUT2D eigenvalue weighted by Gasteiger charge is -2.33. The van der Waals surface area contributed by atoms with E-state index < -0.39 is 5.91 Å². The molecule has 6 nitrogen and oxygen atoms in total. The Hall–Kier alpha value is -2.29. The van der Waals surface area contributed by atoms with E-state index in [2.05, 4.69) is 16.3 Å². The molecule has 0 bridgehead atoms. The highest BCUT2D eigenvalue weighted by Gasteiger charge is 2.28. The molecule has 0 aliphatic carbocycles. The van der Waals surface area contributed by atoms with E-state index in [9.17, 15) is 9.59 Å². The number of anilines is 1. The van der Waals surface area contributed by atoms with Gasteiger partial charge >= 0.3 is 0 Å². The van der Waals surface area contributed by atoms with E-state index in [1.54, 1.807) is 22.8 Å². The third-order valence-corrected chi connectivity index (χ3v) is 6.71. The maximum atomic E-state index is 12.6. The van der Waals surface area contributed by atoms with Crippen molar-refractivity contribution in [3.8, 4) is 0 Å². The van der Waals surface area contributed by atoms with E-state index >= 15 is 0 Å². The van der Waals surface area contributed by atoms with Gasteiger partial charge in [-0.05, 0) is 43.0 Å². The minimum Gasteiger partial charge on any atom is -0.366 e. The number of nitrogens with one attached hydrogen (secondary N) is 1. The first-order valence-electron chi connectivity index (χ1n) is 8.88. The number of amides is 2. The maximum Gasteiger partial charge on any atom is 0.251 e. The molecular weight excluding hydrogens is 380 g/mol. The molecule has 0 unspecified atom stereocenters. The van der Waals surface area contributed by atoms with Crippen LogP contribution in [0.5, 0.6) is 0 Å². The fourth-order valence-electron chi connectivity index (χ4n) is 3.44. The van der Waals surface area contributed by atoms with Crippen molar-refractivity contribution in [1.82, 2.24) is 9.88 Å². The molecule has 2 amide bonds. The van der Waals surface area contributed by atoms with E-state index in [1.807, 2.05) is 18.2 Å². The fourth-order valence-corrected chi connectivity index (χ4v) is 5.39. The number of carbonyl (C=O) groups excluding carboxylic acids is 2. The van der Waals surface area contributed by atoms with Crippen LogP contribution in [0.15, 0.2) is 35.7 Å². The Labute approximate surface area is 165 Å². The minimum atomic E-state index is -0.531. The predicted molar refractivity (Wildman–Crippen MR) is 109 cm³/mol. The van der Waals surface area contributed by atoms with Crippen LogP contribution in [0.1, 0.15) is 40.7 Å². The van der Waals surface area contributed by atoms with Crippen molar-refractivity contribution in [2.45, 2.75) is 25.3 Å². The van der Waals surface area contributed by atoms with Crippen molar-refractivity contribution in [3.05, 3.63) is 46.3 Å². The molecule has 0 saturated carbocycles. The summed E-state index contributed by atoms with van der Waals surface area (Å²) in [6.07, 6.45) is 3.20. The summed E-state index contributed by atoms with van der Waals surface area (Å²) in [7, 11) is 0. The quantitative estimate of drug-likeness (QED) is 0.685. The predicted octanol–water partition coefficient (Wildman–Crippen LogP) is 3.62. The van der Waals surface area contributed by atoms with E-state index in [0.29, 0.717) is 10.6 Å². The molecule has 1 atom stereocenters. The summed E-state index contributed by atoms with van der Waals surface area (Å²) in [4.78, 5) is 31.0. The van der Waals surface area contributed by atoms with E-state index in [4.69, 9.17) is 10.7 Å². The number of nitrogens with zero attached hydrogens (tertiary/aromatic N) is 2. The van der Waals surface area contributed by atoms with Gasteiger partial charge < -0.3 is 11.1 Å². The number of rotatable bonds is 5. The first-order chi connectivity index (χ1) is 13.1. The zero-order valence-corrected chi connectivity index (χ0v) is 16.3. The third kappa shape index (κ3) is 3.87. The van der Waals surface area contributed by atoms with Crippen LogP contribution in [0, 0.1) is 0 Å². The molecule has 1 aliphatic heterocycles. The van der Waals surface area contributed by atoms with Gasteiger partial charge in [-0.25, -0.2) is 4.98 Å². The standard InChI is InChI=1S/C19H20N4O2S2/c20-17(25)12-8-10-26-18(12)22-16(24)11-23-9-4-3-6-14(23)19-21-13-5-1-2-7-15(13)27-19/h1-2,5,7-8,10,14H,3-4,6,9,11H2,(H2,20,25)(H,22,24)/t14-/m1/s1. The number of aromatic nitrogens is 1. The molecule has 1 aliphatic rings. The van der Waals surface area contributed by atoms with Gasteiger partial charge in [0, 0.05) is 0 Å². The highest BCUT2D eigenvalue weighted by atomic mass is 32.1. The summed E-state index contributed by atoms with van der Waals surface area (Å²) < 4.78 is 1.17. The second-order valence-corrected chi connectivity index (χ2v) is 8.56. The van der Waals surface area contributed by atoms with Crippen molar-refractivity contribution >= 4 is 49.7 Å².